The Morgan fingerprint density at radius 1 is 1.29 bits per heavy atom. The molecule has 0 aliphatic rings. The molecule has 0 amide bonds. The normalized spacial score (nSPS) is 11.6. The first-order chi connectivity index (χ1) is 7.84. The van der Waals surface area contributed by atoms with Gasteiger partial charge < -0.3 is 0 Å². The summed E-state index contributed by atoms with van der Waals surface area (Å²) in [6, 6.07) is 2.82. The minimum atomic E-state index is -4.70. The second-order valence-corrected chi connectivity index (χ2v) is 3.70. The van der Waals surface area contributed by atoms with Gasteiger partial charge in [-0.25, -0.2) is 4.39 Å². The monoisotopic (exact) mass is 248 g/mol. The molecule has 1 rings (SSSR count). The summed E-state index contributed by atoms with van der Waals surface area (Å²) in [5, 5.41) is 0. The number of ketones is 1. The van der Waals surface area contributed by atoms with Crippen LogP contribution in [-0.2, 0) is 17.4 Å². The van der Waals surface area contributed by atoms with Crippen LogP contribution in [0, 0.1) is 5.82 Å². The quantitative estimate of drug-likeness (QED) is 0.741. The van der Waals surface area contributed by atoms with Crippen LogP contribution < -0.4 is 0 Å². The molecule has 1 nitrogen and oxygen atoms in total. The van der Waals surface area contributed by atoms with Gasteiger partial charge in [0.2, 0.25) is 0 Å². The summed E-state index contributed by atoms with van der Waals surface area (Å²) in [6.45, 7) is 1.69. The molecule has 0 atom stereocenters. The van der Waals surface area contributed by atoms with Crippen molar-refractivity contribution in [3.63, 3.8) is 0 Å². The fourth-order valence-electron chi connectivity index (χ4n) is 1.41. The molecule has 0 saturated heterocycles. The van der Waals surface area contributed by atoms with E-state index in [-0.39, 0.29) is 18.6 Å². The zero-order valence-electron chi connectivity index (χ0n) is 9.27. The van der Waals surface area contributed by atoms with E-state index in [2.05, 4.69) is 0 Å². The van der Waals surface area contributed by atoms with Crippen molar-refractivity contribution in [2.45, 2.75) is 32.4 Å². The summed E-state index contributed by atoms with van der Waals surface area (Å²) in [7, 11) is 0. The Morgan fingerprint density at radius 2 is 1.94 bits per heavy atom. The second kappa shape index (κ2) is 5.29. The lowest BCUT2D eigenvalue weighted by Gasteiger charge is -2.09. The Balaban J connectivity index is 2.86. The highest BCUT2D eigenvalue weighted by Crippen LogP contribution is 2.32. The average molecular weight is 248 g/mol. The van der Waals surface area contributed by atoms with Crippen LogP contribution >= 0.6 is 0 Å². The van der Waals surface area contributed by atoms with Crippen LogP contribution in [-0.4, -0.2) is 5.78 Å². The topological polar surface area (TPSA) is 17.1 Å². The molecule has 0 heterocycles. The highest BCUT2D eigenvalue weighted by molar-refractivity contribution is 5.78. The molecule has 17 heavy (non-hydrogen) atoms. The number of hydrogen-bond acceptors (Lipinski definition) is 1. The third-order valence-electron chi connectivity index (χ3n) is 2.42. The summed E-state index contributed by atoms with van der Waals surface area (Å²) >= 11 is 0. The number of carbonyl (C=O) groups is 1. The Kier molecular flexibility index (Phi) is 4.26. The van der Waals surface area contributed by atoms with E-state index in [1.807, 2.05) is 0 Å². The third kappa shape index (κ3) is 3.84. The number of hydrogen-bond donors (Lipinski definition) is 0. The second-order valence-electron chi connectivity index (χ2n) is 3.70. The SMILES string of the molecule is CCC(=O)CCc1ccc(F)c(C(F)(F)F)c1. The molecule has 1 aromatic rings. The molecular formula is C12H12F4O. The van der Waals surface area contributed by atoms with Crippen LogP contribution in [0.15, 0.2) is 18.2 Å². The van der Waals surface area contributed by atoms with E-state index in [0.717, 1.165) is 12.1 Å². The fraction of sp³-hybridized carbons (Fsp3) is 0.417. The van der Waals surface area contributed by atoms with E-state index in [4.69, 9.17) is 0 Å². The Labute approximate surface area is 96.4 Å². The van der Waals surface area contributed by atoms with E-state index in [9.17, 15) is 22.4 Å². The van der Waals surface area contributed by atoms with Gasteiger partial charge in [-0.2, -0.15) is 13.2 Å². The maximum Gasteiger partial charge on any atom is 0.419 e. The van der Waals surface area contributed by atoms with Crippen molar-refractivity contribution in [2.75, 3.05) is 0 Å². The van der Waals surface area contributed by atoms with Gasteiger partial charge in [-0.05, 0) is 24.1 Å². The number of benzene rings is 1. The standard InChI is InChI=1S/C12H12F4O/c1-2-9(17)5-3-8-4-6-11(13)10(7-8)12(14,15)16/h4,6-7H,2-3,5H2,1H3. The van der Waals surface area contributed by atoms with Gasteiger partial charge in [-0.15, -0.1) is 0 Å². The van der Waals surface area contributed by atoms with E-state index >= 15 is 0 Å². The zero-order valence-corrected chi connectivity index (χ0v) is 9.27. The summed E-state index contributed by atoms with van der Waals surface area (Å²) < 4.78 is 50.1. The Morgan fingerprint density at radius 3 is 2.47 bits per heavy atom. The molecule has 0 saturated carbocycles. The van der Waals surface area contributed by atoms with Crippen molar-refractivity contribution < 1.29 is 22.4 Å². The molecule has 0 aliphatic carbocycles. The van der Waals surface area contributed by atoms with Gasteiger partial charge in [0.15, 0.2) is 0 Å². The van der Waals surface area contributed by atoms with E-state index in [1.54, 1.807) is 6.92 Å². The van der Waals surface area contributed by atoms with Crippen LogP contribution in [0.1, 0.15) is 30.9 Å². The summed E-state index contributed by atoms with van der Waals surface area (Å²) in [4.78, 5) is 11.0. The van der Waals surface area contributed by atoms with Gasteiger partial charge in [0, 0.05) is 12.8 Å². The minimum Gasteiger partial charge on any atom is -0.300 e. The van der Waals surface area contributed by atoms with Crippen molar-refractivity contribution in [1.82, 2.24) is 0 Å². The first-order valence-electron chi connectivity index (χ1n) is 5.22. The number of Topliss-reactive ketones (excluding diaryl/α,β-unsaturated/α-hetero) is 1. The molecule has 0 aromatic heterocycles. The van der Waals surface area contributed by atoms with Gasteiger partial charge in [0.05, 0.1) is 5.56 Å². The third-order valence-corrected chi connectivity index (χ3v) is 2.42. The van der Waals surface area contributed by atoms with Crippen LogP contribution in [0.25, 0.3) is 0 Å². The fourth-order valence-corrected chi connectivity index (χ4v) is 1.41. The predicted octanol–water partition coefficient (Wildman–Crippen LogP) is 3.76. The van der Waals surface area contributed by atoms with Crippen molar-refractivity contribution in [3.8, 4) is 0 Å². The van der Waals surface area contributed by atoms with Gasteiger partial charge in [-0.1, -0.05) is 13.0 Å². The minimum absolute atomic E-state index is 0.0251. The van der Waals surface area contributed by atoms with Crippen molar-refractivity contribution in [2.24, 2.45) is 0 Å². The van der Waals surface area contributed by atoms with Crippen molar-refractivity contribution in [1.29, 1.82) is 0 Å². The molecule has 0 radical (unpaired) electrons. The molecule has 0 N–H and O–H groups in total. The van der Waals surface area contributed by atoms with E-state index in [0.29, 0.717) is 12.0 Å². The molecule has 1 aromatic carbocycles. The lowest BCUT2D eigenvalue weighted by molar-refractivity contribution is -0.140. The number of rotatable bonds is 4. The predicted molar refractivity (Wildman–Crippen MR) is 55.0 cm³/mol. The molecule has 0 unspecified atom stereocenters. The Hall–Kier alpha value is -1.39. The van der Waals surface area contributed by atoms with Crippen LogP contribution in [0.4, 0.5) is 17.6 Å². The van der Waals surface area contributed by atoms with Gasteiger partial charge in [0.25, 0.3) is 0 Å². The first-order valence-corrected chi connectivity index (χ1v) is 5.22. The lowest BCUT2D eigenvalue weighted by Crippen LogP contribution is -2.09. The van der Waals surface area contributed by atoms with Crippen LogP contribution in [0.3, 0.4) is 0 Å². The van der Waals surface area contributed by atoms with E-state index < -0.39 is 17.6 Å². The average Bonchev–Trinajstić information content (AvgIpc) is 2.26. The summed E-state index contributed by atoms with van der Waals surface area (Å²) in [5.41, 5.74) is -0.959. The first kappa shape index (κ1) is 13.7. The zero-order chi connectivity index (χ0) is 13.1. The Bertz CT molecular complexity index is 409. The summed E-state index contributed by atoms with van der Waals surface area (Å²) in [6.07, 6.45) is -3.96. The molecule has 0 fully saturated rings. The van der Waals surface area contributed by atoms with Gasteiger partial charge in [-0.3, -0.25) is 4.79 Å². The highest BCUT2D eigenvalue weighted by atomic mass is 19.4. The number of alkyl halides is 3. The smallest absolute Gasteiger partial charge is 0.300 e. The largest absolute Gasteiger partial charge is 0.419 e. The van der Waals surface area contributed by atoms with Crippen LogP contribution in [0.2, 0.25) is 0 Å². The van der Waals surface area contributed by atoms with E-state index in [1.165, 1.54) is 6.07 Å². The lowest BCUT2D eigenvalue weighted by atomic mass is 10.0. The number of halogens is 4. The summed E-state index contributed by atoms with van der Waals surface area (Å²) in [5.74, 6) is -1.31. The number of carbonyl (C=O) groups excluding carboxylic acids is 1. The van der Waals surface area contributed by atoms with Crippen LogP contribution in [0.5, 0.6) is 0 Å². The van der Waals surface area contributed by atoms with Crippen molar-refractivity contribution >= 4 is 5.78 Å². The van der Waals surface area contributed by atoms with Gasteiger partial charge in [0.1, 0.15) is 11.6 Å². The molecular weight excluding hydrogens is 236 g/mol. The molecule has 0 aliphatic heterocycles. The highest BCUT2D eigenvalue weighted by Gasteiger charge is 2.34. The molecule has 0 bridgehead atoms. The van der Waals surface area contributed by atoms with Crippen molar-refractivity contribution in [3.05, 3.63) is 35.1 Å². The number of aryl methyl sites for hydroxylation is 1. The molecule has 5 heteroatoms. The molecule has 0 spiro atoms. The van der Waals surface area contributed by atoms with Gasteiger partial charge >= 0.3 is 6.18 Å². The maximum absolute atomic E-state index is 12.9. The maximum atomic E-state index is 12.9. The molecule has 94 valence electrons.